The van der Waals surface area contributed by atoms with Crippen molar-refractivity contribution in [1.82, 2.24) is 15.3 Å². The van der Waals surface area contributed by atoms with Crippen LogP contribution in [-0.4, -0.2) is 17.0 Å². The Balaban J connectivity index is 2.40. The summed E-state index contributed by atoms with van der Waals surface area (Å²) in [6.45, 7) is 0. The second kappa shape index (κ2) is 5.35. The van der Waals surface area contributed by atoms with Crippen molar-refractivity contribution >= 4 is 43.2 Å². The Hall–Kier alpha value is -0.300. The predicted octanol–water partition coefficient (Wildman–Crippen LogP) is 3.37. The molecule has 0 amide bonds. The molecule has 0 saturated carbocycles. The van der Waals surface area contributed by atoms with Gasteiger partial charge in [-0.15, -0.1) is 11.3 Å². The molecule has 0 radical (unpaired) electrons. The highest BCUT2D eigenvalue weighted by molar-refractivity contribution is 9.12. The van der Waals surface area contributed by atoms with E-state index < -0.39 is 0 Å². The summed E-state index contributed by atoms with van der Waals surface area (Å²) in [7, 11) is 1.91. The summed E-state index contributed by atoms with van der Waals surface area (Å²) in [5, 5.41) is 3.24. The minimum atomic E-state index is 0.0608. The Morgan fingerprint density at radius 3 is 2.69 bits per heavy atom. The molecule has 0 aromatic carbocycles. The van der Waals surface area contributed by atoms with Crippen LogP contribution >= 0.6 is 43.2 Å². The first kappa shape index (κ1) is 12.2. The molecule has 2 heterocycles. The molecule has 0 bridgehead atoms. The van der Waals surface area contributed by atoms with Crippen molar-refractivity contribution in [2.24, 2.45) is 0 Å². The van der Waals surface area contributed by atoms with E-state index >= 15 is 0 Å². The van der Waals surface area contributed by atoms with Gasteiger partial charge in [-0.2, -0.15) is 0 Å². The van der Waals surface area contributed by atoms with Crippen LogP contribution in [0.25, 0.3) is 0 Å². The lowest BCUT2D eigenvalue weighted by Gasteiger charge is -2.14. The minimum Gasteiger partial charge on any atom is -0.308 e. The van der Waals surface area contributed by atoms with E-state index in [0.717, 1.165) is 13.3 Å². The second-order valence-corrected chi connectivity index (χ2v) is 6.88. The van der Waals surface area contributed by atoms with Crippen LogP contribution in [0.3, 0.4) is 0 Å². The molecule has 0 saturated heterocycles. The van der Waals surface area contributed by atoms with Gasteiger partial charge < -0.3 is 5.32 Å². The van der Waals surface area contributed by atoms with Gasteiger partial charge in [-0.3, -0.25) is 9.97 Å². The maximum Gasteiger partial charge on any atom is 0.0802 e. The molecule has 3 nitrogen and oxygen atoms in total. The summed E-state index contributed by atoms with van der Waals surface area (Å²) in [5.74, 6) is 0. The fourth-order valence-electron chi connectivity index (χ4n) is 1.47. The monoisotopic (exact) mass is 361 g/mol. The highest BCUT2D eigenvalue weighted by Gasteiger charge is 2.18. The average molecular weight is 363 g/mol. The number of halogens is 2. The molecule has 1 N–H and O–H groups in total. The standard InChI is InChI=1S/C10H9Br2N3S/c1-13-9(7-5-14-2-3-15-7)6-4-8(11)16-10(6)12/h2-5,9,13H,1H3. The molecule has 1 atom stereocenters. The smallest absolute Gasteiger partial charge is 0.0802 e. The lowest BCUT2D eigenvalue weighted by molar-refractivity contribution is 0.667. The molecule has 2 rings (SSSR count). The van der Waals surface area contributed by atoms with Crippen molar-refractivity contribution < 1.29 is 0 Å². The first-order valence-corrected chi connectivity index (χ1v) is 7.00. The molecule has 2 aromatic rings. The van der Waals surface area contributed by atoms with Crippen molar-refractivity contribution in [3.05, 3.63) is 43.5 Å². The maximum atomic E-state index is 4.32. The van der Waals surface area contributed by atoms with Crippen LogP contribution in [0.4, 0.5) is 0 Å². The van der Waals surface area contributed by atoms with E-state index in [9.17, 15) is 0 Å². The predicted molar refractivity (Wildman–Crippen MR) is 72.7 cm³/mol. The molecule has 0 fully saturated rings. The molecule has 2 aromatic heterocycles. The average Bonchev–Trinajstić information content (AvgIpc) is 2.61. The number of aromatic nitrogens is 2. The van der Waals surface area contributed by atoms with Gasteiger partial charge in [0.25, 0.3) is 0 Å². The summed E-state index contributed by atoms with van der Waals surface area (Å²) >= 11 is 8.69. The lowest BCUT2D eigenvalue weighted by atomic mass is 10.1. The van der Waals surface area contributed by atoms with Gasteiger partial charge in [-0.25, -0.2) is 0 Å². The number of hydrogen-bond donors (Lipinski definition) is 1. The third-order valence-electron chi connectivity index (χ3n) is 2.16. The normalized spacial score (nSPS) is 12.7. The molecule has 84 valence electrons. The van der Waals surface area contributed by atoms with Gasteiger partial charge in [-0.05, 0) is 45.0 Å². The largest absolute Gasteiger partial charge is 0.308 e. The highest BCUT2D eigenvalue weighted by atomic mass is 79.9. The Morgan fingerprint density at radius 1 is 1.38 bits per heavy atom. The van der Waals surface area contributed by atoms with E-state index in [1.165, 1.54) is 5.56 Å². The lowest BCUT2D eigenvalue weighted by Crippen LogP contribution is -2.18. The first-order valence-electron chi connectivity index (χ1n) is 4.60. The molecule has 1 unspecified atom stereocenters. The molecular formula is C10H9Br2N3S. The summed E-state index contributed by atoms with van der Waals surface area (Å²) in [5.41, 5.74) is 2.08. The zero-order chi connectivity index (χ0) is 11.5. The fourth-order valence-corrected chi connectivity index (χ4v) is 4.37. The molecule has 6 heteroatoms. The van der Waals surface area contributed by atoms with Gasteiger partial charge in [-0.1, -0.05) is 0 Å². The molecule has 0 aliphatic carbocycles. The van der Waals surface area contributed by atoms with E-state index in [2.05, 4.69) is 53.2 Å². The molecule has 16 heavy (non-hydrogen) atoms. The number of nitrogens with one attached hydrogen (secondary N) is 1. The van der Waals surface area contributed by atoms with Crippen LogP contribution in [0.2, 0.25) is 0 Å². The number of thiophene rings is 1. The summed E-state index contributed by atoms with van der Waals surface area (Å²) < 4.78 is 2.20. The van der Waals surface area contributed by atoms with E-state index in [1.54, 1.807) is 29.9 Å². The van der Waals surface area contributed by atoms with Crippen molar-refractivity contribution in [1.29, 1.82) is 0 Å². The third kappa shape index (κ3) is 2.51. The zero-order valence-electron chi connectivity index (χ0n) is 8.45. The molecule has 0 spiro atoms. The molecular weight excluding hydrogens is 354 g/mol. The van der Waals surface area contributed by atoms with Crippen LogP contribution in [0.15, 0.2) is 32.2 Å². The minimum absolute atomic E-state index is 0.0608. The van der Waals surface area contributed by atoms with Gasteiger partial charge in [0.05, 0.1) is 25.5 Å². The van der Waals surface area contributed by atoms with Crippen molar-refractivity contribution in [2.75, 3.05) is 7.05 Å². The Morgan fingerprint density at radius 2 is 2.19 bits per heavy atom. The number of hydrogen-bond acceptors (Lipinski definition) is 4. The topological polar surface area (TPSA) is 37.8 Å². The fraction of sp³-hybridized carbons (Fsp3) is 0.200. The van der Waals surface area contributed by atoms with Gasteiger partial charge in [0.15, 0.2) is 0 Å². The van der Waals surface area contributed by atoms with Gasteiger partial charge in [0.2, 0.25) is 0 Å². The Kier molecular flexibility index (Phi) is 4.07. The Labute approximate surface area is 115 Å². The van der Waals surface area contributed by atoms with Gasteiger partial charge >= 0.3 is 0 Å². The van der Waals surface area contributed by atoms with E-state index in [1.807, 2.05) is 7.05 Å². The molecule has 0 aliphatic heterocycles. The summed E-state index contributed by atoms with van der Waals surface area (Å²) in [4.78, 5) is 8.41. The van der Waals surface area contributed by atoms with Gasteiger partial charge in [0.1, 0.15) is 0 Å². The second-order valence-electron chi connectivity index (χ2n) is 3.13. The third-order valence-corrected chi connectivity index (χ3v) is 4.55. The van der Waals surface area contributed by atoms with Crippen LogP contribution in [0.5, 0.6) is 0 Å². The van der Waals surface area contributed by atoms with Crippen LogP contribution < -0.4 is 5.32 Å². The maximum absolute atomic E-state index is 4.32. The van der Waals surface area contributed by atoms with Gasteiger partial charge in [0, 0.05) is 18.0 Å². The van der Waals surface area contributed by atoms with E-state index in [0.29, 0.717) is 0 Å². The first-order chi connectivity index (χ1) is 7.72. The quantitative estimate of drug-likeness (QED) is 0.909. The highest BCUT2D eigenvalue weighted by Crippen LogP contribution is 2.37. The summed E-state index contributed by atoms with van der Waals surface area (Å²) in [6, 6.07) is 2.15. The summed E-state index contributed by atoms with van der Waals surface area (Å²) in [6.07, 6.45) is 5.16. The van der Waals surface area contributed by atoms with Crippen LogP contribution in [0.1, 0.15) is 17.3 Å². The van der Waals surface area contributed by atoms with Crippen molar-refractivity contribution in [3.8, 4) is 0 Å². The van der Waals surface area contributed by atoms with E-state index in [4.69, 9.17) is 0 Å². The SMILES string of the molecule is CNC(c1cnccn1)c1cc(Br)sc1Br. The number of rotatable bonds is 3. The van der Waals surface area contributed by atoms with Crippen molar-refractivity contribution in [2.45, 2.75) is 6.04 Å². The molecule has 0 aliphatic rings. The number of nitrogens with zero attached hydrogens (tertiary/aromatic N) is 2. The zero-order valence-corrected chi connectivity index (χ0v) is 12.4. The Bertz CT molecular complexity index is 472. The van der Waals surface area contributed by atoms with E-state index in [-0.39, 0.29) is 6.04 Å². The van der Waals surface area contributed by atoms with Crippen LogP contribution in [-0.2, 0) is 0 Å². The van der Waals surface area contributed by atoms with Crippen LogP contribution in [0, 0.1) is 0 Å². The van der Waals surface area contributed by atoms with Crippen molar-refractivity contribution in [3.63, 3.8) is 0 Å².